The molecule has 0 spiro atoms. The van der Waals surface area contributed by atoms with E-state index in [0.717, 1.165) is 34.4 Å². The van der Waals surface area contributed by atoms with Gasteiger partial charge in [-0.2, -0.15) is 0 Å². The average molecular weight is 353 g/mol. The van der Waals surface area contributed by atoms with Crippen LogP contribution in [0.1, 0.15) is 37.7 Å². The number of rotatable bonds is 6. The number of nitrogens with one attached hydrogen (secondary N) is 1. The van der Waals surface area contributed by atoms with Crippen LogP contribution in [0.3, 0.4) is 0 Å². The number of ether oxygens (including phenoxy) is 1. The minimum Gasteiger partial charge on any atom is -0.496 e. The zero-order chi connectivity index (χ0) is 14.8. The topological polar surface area (TPSA) is 47.3 Å². The van der Waals surface area contributed by atoms with Crippen molar-refractivity contribution in [2.45, 2.75) is 44.6 Å². The quantitative estimate of drug-likeness (QED) is 0.606. The molecule has 0 aromatic heterocycles. The van der Waals surface area contributed by atoms with E-state index in [2.05, 4.69) is 27.4 Å². The molecule has 4 atom stereocenters. The lowest BCUT2D eigenvalue weighted by Crippen LogP contribution is -2.39. The average Bonchev–Trinajstić information content (AvgIpc) is 3.09. The fraction of sp³-hybridized carbons (Fsp3) is 0.647. The second-order valence-electron chi connectivity index (χ2n) is 6.69. The number of hydrazine groups is 1. The van der Waals surface area contributed by atoms with Crippen molar-refractivity contribution >= 4 is 15.9 Å². The van der Waals surface area contributed by atoms with Crippen molar-refractivity contribution in [3.05, 3.63) is 28.2 Å². The fourth-order valence-electron chi connectivity index (χ4n) is 4.41. The first-order chi connectivity index (χ1) is 10.2. The van der Waals surface area contributed by atoms with E-state index >= 15 is 0 Å². The molecule has 0 heterocycles. The molecule has 0 amide bonds. The van der Waals surface area contributed by atoms with Crippen LogP contribution >= 0.6 is 15.9 Å². The molecule has 0 saturated heterocycles. The highest BCUT2D eigenvalue weighted by Gasteiger charge is 2.40. The lowest BCUT2D eigenvalue weighted by atomic mass is 9.83. The van der Waals surface area contributed by atoms with Gasteiger partial charge in [-0.15, -0.1) is 0 Å². The Hall–Kier alpha value is -0.580. The molecular formula is C17H25BrN2O. The Labute approximate surface area is 135 Å². The predicted molar refractivity (Wildman–Crippen MR) is 89.1 cm³/mol. The van der Waals surface area contributed by atoms with Gasteiger partial charge >= 0.3 is 0 Å². The Balaban J connectivity index is 1.65. The highest BCUT2D eigenvalue weighted by atomic mass is 79.9. The summed E-state index contributed by atoms with van der Waals surface area (Å²) < 4.78 is 6.57. The summed E-state index contributed by atoms with van der Waals surface area (Å²) in [5.41, 5.74) is 4.26. The lowest BCUT2D eigenvalue weighted by Gasteiger charge is -2.26. The minimum absolute atomic E-state index is 0.331. The zero-order valence-electron chi connectivity index (χ0n) is 12.6. The minimum atomic E-state index is 0.331. The van der Waals surface area contributed by atoms with Gasteiger partial charge in [0.2, 0.25) is 0 Å². The molecule has 1 aromatic carbocycles. The number of hydrogen-bond acceptors (Lipinski definition) is 3. The zero-order valence-corrected chi connectivity index (χ0v) is 14.2. The normalized spacial score (nSPS) is 28.8. The standard InChI is InChI=1S/C17H25BrN2O/c1-21-17-5-4-15(18)8-14(17)10-16(20-19)9-13-7-11-2-3-12(13)6-11/h4-5,8,11-13,16,20H,2-3,6-7,9-10,19H2,1H3. The molecule has 4 unspecified atom stereocenters. The molecule has 1 aromatic rings. The van der Waals surface area contributed by atoms with Gasteiger partial charge in [-0.3, -0.25) is 11.3 Å². The Morgan fingerprint density at radius 3 is 2.86 bits per heavy atom. The molecular weight excluding hydrogens is 328 g/mol. The maximum absolute atomic E-state index is 5.82. The highest BCUT2D eigenvalue weighted by molar-refractivity contribution is 9.10. The van der Waals surface area contributed by atoms with Gasteiger partial charge in [-0.1, -0.05) is 22.4 Å². The molecule has 116 valence electrons. The smallest absolute Gasteiger partial charge is 0.122 e. The highest BCUT2D eigenvalue weighted by Crippen LogP contribution is 2.50. The number of benzene rings is 1. The summed E-state index contributed by atoms with van der Waals surface area (Å²) in [6.45, 7) is 0. The third kappa shape index (κ3) is 3.43. The van der Waals surface area contributed by atoms with Crippen molar-refractivity contribution in [3.8, 4) is 5.75 Å². The third-order valence-electron chi connectivity index (χ3n) is 5.42. The van der Waals surface area contributed by atoms with Gasteiger partial charge in [-0.05, 0) is 73.6 Å². The van der Waals surface area contributed by atoms with Crippen LogP contribution in [0, 0.1) is 17.8 Å². The summed E-state index contributed by atoms with van der Waals surface area (Å²) in [5.74, 6) is 9.59. The number of halogens is 1. The Morgan fingerprint density at radius 1 is 1.38 bits per heavy atom. The molecule has 0 aliphatic heterocycles. The van der Waals surface area contributed by atoms with Crippen molar-refractivity contribution in [2.24, 2.45) is 23.6 Å². The van der Waals surface area contributed by atoms with Crippen molar-refractivity contribution < 1.29 is 4.74 Å². The van der Waals surface area contributed by atoms with Gasteiger partial charge in [-0.25, -0.2) is 0 Å². The second-order valence-corrected chi connectivity index (χ2v) is 7.61. The van der Waals surface area contributed by atoms with E-state index in [9.17, 15) is 0 Å². The van der Waals surface area contributed by atoms with Crippen LogP contribution in [-0.4, -0.2) is 13.2 Å². The van der Waals surface area contributed by atoms with E-state index in [1.54, 1.807) is 7.11 Å². The molecule has 3 N–H and O–H groups in total. The largest absolute Gasteiger partial charge is 0.496 e. The van der Waals surface area contributed by atoms with Crippen LogP contribution < -0.4 is 16.0 Å². The maximum atomic E-state index is 5.82. The molecule has 2 bridgehead atoms. The van der Waals surface area contributed by atoms with Gasteiger partial charge in [0.15, 0.2) is 0 Å². The first-order valence-electron chi connectivity index (χ1n) is 7.98. The molecule has 3 nitrogen and oxygen atoms in total. The van der Waals surface area contributed by atoms with E-state index in [0.29, 0.717) is 6.04 Å². The summed E-state index contributed by atoms with van der Waals surface area (Å²) in [7, 11) is 1.73. The van der Waals surface area contributed by atoms with E-state index in [1.165, 1.54) is 37.7 Å². The van der Waals surface area contributed by atoms with Crippen LogP contribution in [0.15, 0.2) is 22.7 Å². The van der Waals surface area contributed by atoms with Crippen LogP contribution in [-0.2, 0) is 6.42 Å². The second kappa shape index (κ2) is 6.67. The molecule has 2 saturated carbocycles. The van der Waals surface area contributed by atoms with Crippen molar-refractivity contribution in [2.75, 3.05) is 7.11 Å². The van der Waals surface area contributed by atoms with Crippen LogP contribution in [0.4, 0.5) is 0 Å². The monoisotopic (exact) mass is 352 g/mol. The summed E-state index contributed by atoms with van der Waals surface area (Å²) in [6, 6.07) is 6.51. The molecule has 2 aliphatic rings. The summed E-state index contributed by atoms with van der Waals surface area (Å²) in [6.07, 6.45) is 7.88. The third-order valence-corrected chi connectivity index (χ3v) is 5.91. The first kappa shape index (κ1) is 15.3. The molecule has 2 fully saturated rings. The molecule has 2 aliphatic carbocycles. The van der Waals surface area contributed by atoms with E-state index < -0.39 is 0 Å². The molecule has 3 rings (SSSR count). The van der Waals surface area contributed by atoms with Gasteiger partial charge in [0.1, 0.15) is 5.75 Å². The van der Waals surface area contributed by atoms with Crippen molar-refractivity contribution in [3.63, 3.8) is 0 Å². The van der Waals surface area contributed by atoms with Gasteiger partial charge < -0.3 is 4.74 Å². The van der Waals surface area contributed by atoms with Gasteiger partial charge in [0.05, 0.1) is 7.11 Å². The number of methoxy groups -OCH3 is 1. The van der Waals surface area contributed by atoms with E-state index in [4.69, 9.17) is 10.6 Å². The van der Waals surface area contributed by atoms with Gasteiger partial charge in [0, 0.05) is 10.5 Å². The molecule has 0 radical (unpaired) electrons. The molecule has 21 heavy (non-hydrogen) atoms. The fourth-order valence-corrected chi connectivity index (χ4v) is 4.82. The Morgan fingerprint density at radius 2 is 2.24 bits per heavy atom. The number of nitrogens with two attached hydrogens (primary N) is 1. The predicted octanol–water partition coefficient (Wildman–Crippen LogP) is 3.66. The lowest BCUT2D eigenvalue weighted by molar-refractivity contribution is 0.276. The Bertz CT molecular complexity index is 494. The summed E-state index contributed by atoms with van der Waals surface area (Å²) in [5, 5.41) is 0. The van der Waals surface area contributed by atoms with E-state index in [1.807, 2.05) is 12.1 Å². The number of fused-ring (bicyclic) bond motifs is 2. The first-order valence-corrected chi connectivity index (χ1v) is 8.77. The molecule has 4 heteroatoms. The Kier molecular flexibility index (Phi) is 4.87. The van der Waals surface area contributed by atoms with Crippen LogP contribution in [0.25, 0.3) is 0 Å². The van der Waals surface area contributed by atoms with Crippen LogP contribution in [0.2, 0.25) is 0 Å². The SMILES string of the molecule is COc1ccc(Br)cc1CC(CC1CC2CCC1C2)NN. The number of hydrogen-bond donors (Lipinski definition) is 2. The van der Waals surface area contributed by atoms with E-state index in [-0.39, 0.29) is 0 Å². The van der Waals surface area contributed by atoms with Crippen LogP contribution in [0.5, 0.6) is 5.75 Å². The van der Waals surface area contributed by atoms with Crippen molar-refractivity contribution in [1.82, 2.24) is 5.43 Å². The maximum Gasteiger partial charge on any atom is 0.122 e. The van der Waals surface area contributed by atoms with Gasteiger partial charge in [0.25, 0.3) is 0 Å². The summed E-state index contributed by atoms with van der Waals surface area (Å²) >= 11 is 3.54. The summed E-state index contributed by atoms with van der Waals surface area (Å²) in [4.78, 5) is 0. The van der Waals surface area contributed by atoms with Crippen molar-refractivity contribution in [1.29, 1.82) is 0 Å².